The van der Waals surface area contributed by atoms with Gasteiger partial charge in [0.05, 0.1) is 0 Å². The fraction of sp³-hybridized carbons (Fsp3) is 1.00. The summed E-state index contributed by atoms with van der Waals surface area (Å²) in [5.74, 6) is 0. The molecule has 0 radical (unpaired) electrons. The van der Waals surface area contributed by atoms with Crippen molar-refractivity contribution in [3.63, 3.8) is 0 Å². The minimum Gasteiger partial charge on any atom is -0.329 e. The van der Waals surface area contributed by atoms with Gasteiger partial charge in [0.1, 0.15) is 0 Å². The predicted molar refractivity (Wildman–Crippen MR) is 69.8 cm³/mol. The number of nitrogens with zero attached hydrogens (tertiary/aromatic N) is 1. The van der Waals surface area contributed by atoms with Crippen LogP contribution in [-0.2, 0) is 10.2 Å². The zero-order valence-corrected chi connectivity index (χ0v) is 11.7. The van der Waals surface area contributed by atoms with E-state index in [2.05, 4.69) is 4.72 Å². The number of hydrogen-bond donors (Lipinski definition) is 2. The molecule has 0 amide bonds. The fourth-order valence-corrected chi connectivity index (χ4v) is 3.89. The standard InChI is InChI=1S/C11H25N3O2S/c1-3-13-17(15,16)14(2)11(10-12)8-6-4-5-7-9-11/h13H,3-10,12H2,1-2H3. The van der Waals surface area contributed by atoms with E-state index in [1.54, 1.807) is 14.0 Å². The van der Waals surface area contributed by atoms with Gasteiger partial charge >= 0.3 is 0 Å². The summed E-state index contributed by atoms with van der Waals surface area (Å²) < 4.78 is 28.1. The quantitative estimate of drug-likeness (QED) is 0.721. The van der Waals surface area contributed by atoms with Gasteiger partial charge in [-0.25, -0.2) is 4.72 Å². The van der Waals surface area contributed by atoms with Gasteiger partial charge < -0.3 is 5.73 Å². The van der Waals surface area contributed by atoms with E-state index >= 15 is 0 Å². The molecule has 0 aromatic heterocycles. The van der Waals surface area contributed by atoms with Crippen LogP contribution in [0.1, 0.15) is 45.4 Å². The van der Waals surface area contributed by atoms with Crippen molar-refractivity contribution in [3.05, 3.63) is 0 Å². The maximum Gasteiger partial charge on any atom is 0.279 e. The Hall–Kier alpha value is -0.170. The molecule has 0 aliphatic heterocycles. The molecule has 1 aliphatic carbocycles. The van der Waals surface area contributed by atoms with Gasteiger partial charge in [0, 0.05) is 25.7 Å². The van der Waals surface area contributed by atoms with Crippen LogP contribution in [-0.4, -0.2) is 38.4 Å². The topological polar surface area (TPSA) is 75.4 Å². The molecule has 17 heavy (non-hydrogen) atoms. The molecule has 5 nitrogen and oxygen atoms in total. The Bertz CT molecular complexity index is 322. The molecular weight excluding hydrogens is 238 g/mol. The van der Waals surface area contributed by atoms with Crippen molar-refractivity contribution in [3.8, 4) is 0 Å². The van der Waals surface area contributed by atoms with Crippen molar-refractivity contribution in [1.82, 2.24) is 9.03 Å². The van der Waals surface area contributed by atoms with Gasteiger partial charge in [-0.1, -0.05) is 32.6 Å². The van der Waals surface area contributed by atoms with E-state index in [9.17, 15) is 8.42 Å². The van der Waals surface area contributed by atoms with Gasteiger partial charge in [0.25, 0.3) is 10.2 Å². The molecule has 0 unspecified atom stereocenters. The van der Waals surface area contributed by atoms with Crippen LogP contribution in [0.3, 0.4) is 0 Å². The number of hydrogen-bond acceptors (Lipinski definition) is 3. The maximum atomic E-state index is 12.1. The average molecular weight is 263 g/mol. The third kappa shape index (κ3) is 3.40. The average Bonchev–Trinajstić information content (AvgIpc) is 2.54. The van der Waals surface area contributed by atoms with Crippen LogP contribution in [0, 0.1) is 0 Å². The lowest BCUT2D eigenvalue weighted by Gasteiger charge is -2.39. The van der Waals surface area contributed by atoms with Gasteiger partial charge in [-0.3, -0.25) is 0 Å². The highest BCUT2D eigenvalue weighted by Crippen LogP contribution is 2.32. The highest BCUT2D eigenvalue weighted by Gasteiger charge is 2.39. The van der Waals surface area contributed by atoms with Crippen molar-refractivity contribution >= 4 is 10.2 Å². The zero-order chi connectivity index (χ0) is 12.9. The molecule has 0 heterocycles. The minimum atomic E-state index is -3.39. The van der Waals surface area contributed by atoms with Gasteiger partial charge in [-0.2, -0.15) is 12.7 Å². The largest absolute Gasteiger partial charge is 0.329 e. The third-order valence-corrected chi connectivity index (χ3v) is 5.53. The monoisotopic (exact) mass is 263 g/mol. The summed E-state index contributed by atoms with van der Waals surface area (Å²) in [4.78, 5) is 0. The van der Waals surface area contributed by atoms with Crippen LogP contribution in [0.5, 0.6) is 0 Å². The second-order valence-corrected chi connectivity index (χ2v) is 6.60. The third-order valence-electron chi connectivity index (χ3n) is 3.77. The van der Waals surface area contributed by atoms with Crippen LogP contribution in [0.2, 0.25) is 0 Å². The molecule has 1 fully saturated rings. The van der Waals surface area contributed by atoms with Gasteiger partial charge in [-0.05, 0) is 12.8 Å². The Morgan fingerprint density at radius 3 is 2.18 bits per heavy atom. The first-order valence-electron chi connectivity index (χ1n) is 6.42. The molecule has 102 valence electrons. The van der Waals surface area contributed by atoms with Gasteiger partial charge in [0.15, 0.2) is 0 Å². The molecule has 0 atom stereocenters. The molecule has 0 saturated heterocycles. The second-order valence-electron chi connectivity index (χ2n) is 4.81. The Morgan fingerprint density at radius 1 is 1.24 bits per heavy atom. The normalized spacial score (nSPS) is 21.4. The second kappa shape index (κ2) is 6.13. The zero-order valence-electron chi connectivity index (χ0n) is 10.9. The first-order chi connectivity index (χ1) is 7.98. The molecule has 0 aromatic carbocycles. The Balaban J connectivity index is 2.91. The molecule has 6 heteroatoms. The van der Waals surface area contributed by atoms with Crippen LogP contribution >= 0.6 is 0 Å². The van der Waals surface area contributed by atoms with Crippen LogP contribution < -0.4 is 10.5 Å². The van der Waals surface area contributed by atoms with Crippen molar-refractivity contribution in [2.24, 2.45) is 5.73 Å². The first kappa shape index (κ1) is 14.9. The van der Waals surface area contributed by atoms with Crippen molar-refractivity contribution in [1.29, 1.82) is 0 Å². The highest BCUT2D eigenvalue weighted by molar-refractivity contribution is 7.87. The lowest BCUT2D eigenvalue weighted by molar-refractivity contribution is 0.194. The summed E-state index contributed by atoms with van der Waals surface area (Å²) in [5.41, 5.74) is 5.48. The molecular formula is C11H25N3O2S. The lowest BCUT2D eigenvalue weighted by atomic mass is 9.90. The van der Waals surface area contributed by atoms with E-state index in [1.807, 2.05) is 0 Å². The SMILES string of the molecule is CCNS(=O)(=O)N(C)C1(CN)CCCCCC1. The van der Waals surface area contributed by atoms with Crippen molar-refractivity contribution < 1.29 is 8.42 Å². The Kier molecular flexibility index (Phi) is 5.37. The van der Waals surface area contributed by atoms with E-state index in [1.165, 1.54) is 17.1 Å². The summed E-state index contributed by atoms with van der Waals surface area (Å²) in [6.07, 6.45) is 6.20. The molecule has 1 saturated carbocycles. The number of nitrogens with two attached hydrogens (primary N) is 1. The van der Waals surface area contributed by atoms with Crippen LogP contribution in [0.25, 0.3) is 0 Å². The van der Waals surface area contributed by atoms with E-state index in [4.69, 9.17) is 5.73 Å². The highest BCUT2D eigenvalue weighted by atomic mass is 32.2. The molecule has 1 rings (SSSR count). The minimum absolute atomic E-state index is 0.391. The number of nitrogens with one attached hydrogen (secondary N) is 1. The number of rotatable bonds is 5. The van der Waals surface area contributed by atoms with E-state index in [0.717, 1.165) is 25.7 Å². The van der Waals surface area contributed by atoms with E-state index < -0.39 is 15.7 Å². The molecule has 0 aromatic rings. The van der Waals surface area contributed by atoms with E-state index in [0.29, 0.717) is 13.1 Å². The Labute approximate surface area is 105 Å². The van der Waals surface area contributed by atoms with E-state index in [-0.39, 0.29) is 0 Å². The van der Waals surface area contributed by atoms with Crippen molar-refractivity contribution in [2.45, 2.75) is 51.0 Å². The molecule has 0 bridgehead atoms. The number of likely N-dealkylation sites (N-methyl/N-ethyl adjacent to an activating group) is 1. The summed E-state index contributed by atoms with van der Waals surface area (Å²) >= 11 is 0. The van der Waals surface area contributed by atoms with Gasteiger partial charge in [0.2, 0.25) is 0 Å². The fourth-order valence-electron chi connectivity index (χ4n) is 2.57. The molecule has 3 N–H and O–H groups in total. The summed E-state index contributed by atoms with van der Waals surface area (Å²) in [6.45, 7) is 2.59. The summed E-state index contributed by atoms with van der Waals surface area (Å²) in [5, 5.41) is 0. The predicted octanol–water partition coefficient (Wildman–Crippen LogP) is 0.824. The molecule has 0 spiro atoms. The smallest absolute Gasteiger partial charge is 0.279 e. The summed E-state index contributed by atoms with van der Waals surface area (Å²) in [7, 11) is -1.74. The Morgan fingerprint density at radius 2 is 1.76 bits per heavy atom. The van der Waals surface area contributed by atoms with Crippen LogP contribution in [0.15, 0.2) is 0 Å². The lowest BCUT2D eigenvalue weighted by Crippen LogP contribution is -2.57. The van der Waals surface area contributed by atoms with Gasteiger partial charge in [-0.15, -0.1) is 0 Å². The van der Waals surface area contributed by atoms with Crippen LogP contribution in [0.4, 0.5) is 0 Å². The molecule has 1 aliphatic rings. The van der Waals surface area contributed by atoms with Crippen molar-refractivity contribution in [2.75, 3.05) is 20.1 Å². The maximum absolute atomic E-state index is 12.1. The first-order valence-corrected chi connectivity index (χ1v) is 7.86. The summed E-state index contributed by atoms with van der Waals surface area (Å²) in [6, 6.07) is 0.